The van der Waals surface area contributed by atoms with E-state index in [1.165, 1.54) is 17.9 Å². The maximum Gasteiger partial charge on any atom is 0.332 e. The predicted molar refractivity (Wildman–Crippen MR) is 114 cm³/mol. The maximum atomic E-state index is 12.6. The zero-order chi connectivity index (χ0) is 21.9. The molecule has 0 spiro atoms. The van der Waals surface area contributed by atoms with Crippen molar-refractivity contribution in [2.45, 2.75) is 31.5 Å². The van der Waals surface area contributed by atoms with Gasteiger partial charge in [0.15, 0.2) is 11.2 Å². The average molecular weight is 426 g/mol. The van der Waals surface area contributed by atoms with Crippen LogP contribution in [0, 0.1) is 5.92 Å². The second-order valence-corrected chi connectivity index (χ2v) is 8.85. The normalized spacial score (nSPS) is 21.9. The van der Waals surface area contributed by atoms with Crippen molar-refractivity contribution in [1.82, 2.24) is 28.2 Å². The molecule has 0 unspecified atom stereocenters. The number of rotatable bonds is 4. The molecule has 3 atom stereocenters. The smallest absolute Gasteiger partial charge is 0.332 e. The Labute approximate surface area is 177 Å². The Morgan fingerprint density at radius 2 is 1.90 bits per heavy atom. The molecule has 10 heteroatoms. The van der Waals surface area contributed by atoms with Gasteiger partial charge in [0.2, 0.25) is 0 Å². The molecule has 3 aromatic rings. The molecule has 1 fully saturated rings. The first kappa shape index (κ1) is 20.0. The van der Waals surface area contributed by atoms with Crippen LogP contribution in [0.25, 0.3) is 11.2 Å². The van der Waals surface area contributed by atoms with Gasteiger partial charge in [-0.05, 0) is 18.4 Å². The van der Waals surface area contributed by atoms with Crippen molar-refractivity contribution >= 4 is 11.2 Å². The number of aliphatic hydroxyl groups is 1. The van der Waals surface area contributed by atoms with Gasteiger partial charge in [0.1, 0.15) is 0 Å². The van der Waals surface area contributed by atoms with Crippen LogP contribution in [0.15, 0.2) is 38.9 Å². The van der Waals surface area contributed by atoms with Crippen molar-refractivity contribution in [3.05, 3.63) is 61.4 Å². The molecule has 10 nitrogen and oxygen atoms in total. The number of aliphatic hydroxyl groups excluding tert-OH is 1. The van der Waals surface area contributed by atoms with Crippen molar-refractivity contribution < 1.29 is 5.11 Å². The van der Waals surface area contributed by atoms with Gasteiger partial charge < -0.3 is 14.2 Å². The molecular weight excluding hydrogens is 400 g/mol. The monoisotopic (exact) mass is 426 g/mol. The van der Waals surface area contributed by atoms with Crippen LogP contribution in [0.3, 0.4) is 0 Å². The van der Waals surface area contributed by atoms with Crippen molar-refractivity contribution in [3.63, 3.8) is 0 Å². The number of β-amino-alcohol motifs (C(OH)–C–C–N with tert-alkyl or cyclic N) is 1. The van der Waals surface area contributed by atoms with Gasteiger partial charge in [-0.3, -0.25) is 23.6 Å². The molecule has 2 bridgehead atoms. The van der Waals surface area contributed by atoms with Gasteiger partial charge in [-0.15, -0.1) is 0 Å². The second-order valence-electron chi connectivity index (χ2n) is 8.85. The number of fused-ring (bicyclic) bond motifs is 5. The summed E-state index contributed by atoms with van der Waals surface area (Å²) >= 11 is 0. The number of pyridine rings is 1. The molecule has 0 radical (unpaired) electrons. The zero-order valence-electron chi connectivity index (χ0n) is 17.6. The van der Waals surface area contributed by atoms with E-state index in [-0.39, 0.29) is 18.0 Å². The molecule has 1 N–H and O–H groups in total. The van der Waals surface area contributed by atoms with Crippen molar-refractivity contribution in [1.29, 1.82) is 0 Å². The first-order chi connectivity index (χ1) is 14.8. The number of imidazole rings is 1. The van der Waals surface area contributed by atoms with Crippen LogP contribution in [0.5, 0.6) is 0 Å². The number of hydrogen-bond acceptors (Lipinski definition) is 6. The van der Waals surface area contributed by atoms with Gasteiger partial charge in [0.05, 0.1) is 19.0 Å². The highest BCUT2D eigenvalue weighted by Gasteiger charge is 2.35. The Bertz CT molecular complexity index is 1330. The third-order valence-electron chi connectivity index (χ3n) is 6.65. The fraction of sp³-hybridized carbons (Fsp3) is 0.524. The molecule has 0 aliphatic carbocycles. The summed E-state index contributed by atoms with van der Waals surface area (Å²) in [5.74, 6) is 0.666. The number of aryl methyl sites for hydroxylation is 1. The van der Waals surface area contributed by atoms with Crippen LogP contribution in [0.2, 0.25) is 0 Å². The average Bonchev–Trinajstić information content (AvgIpc) is 3.15. The first-order valence-corrected chi connectivity index (χ1v) is 10.5. The van der Waals surface area contributed by atoms with E-state index < -0.39 is 17.4 Å². The van der Waals surface area contributed by atoms with Crippen molar-refractivity contribution in [2.75, 3.05) is 19.6 Å². The highest BCUT2D eigenvalue weighted by molar-refractivity contribution is 5.69. The molecule has 1 saturated heterocycles. The number of likely N-dealkylation sites (tertiary alicyclic amines) is 1. The highest BCUT2D eigenvalue weighted by Crippen LogP contribution is 2.34. The summed E-state index contributed by atoms with van der Waals surface area (Å²) in [5.41, 5.74) is 0.916. The van der Waals surface area contributed by atoms with Gasteiger partial charge in [-0.25, -0.2) is 9.78 Å². The number of hydrogen-bond donors (Lipinski definition) is 1. The molecular formula is C21H26N6O4. The third kappa shape index (κ3) is 3.26. The van der Waals surface area contributed by atoms with Crippen LogP contribution in [-0.4, -0.2) is 59.0 Å². The third-order valence-corrected chi connectivity index (χ3v) is 6.65. The molecule has 0 saturated carbocycles. The van der Waals surface area contributed by atoms with Crippen molar-refractivity contribution in [2.24, 2.45) is 20.0 Å². The molecule has 0 amide bonds. The summed E-state index contributed by atoms with van der Waals surface area (Å²) in [5, 5.41) is 10.8. The molecule has 5 heterocycles. The van der Waals surface area contributed by atoms with Crippen LogP contribution in [0.1, 0.15) is 18.0 Å². The molecule has 2 aliphatic heterocycles. The minimum atomic E-state index is -0.698. The number of nitrogens with zero attached hydrogens (tertiary/aromatic N) is 6. The summed E-state index contributed by atoms with van der Waals surface area (Å²) in [6.45, 7) is 3.02. The fourth-order valence-corrected chi connectivity index (χ4v) is 5.26. The van der Waals surface area contributed by atoms with Gasteiger partial charge in [0, 0.05) is 58.0 Å². The minimum absolute atomic E-state index is 0.0589. The van der Waals surface area contributed by atoms with Crippen LogP contribution in [-0.2, 0) is 27.2 Å². The predicted octanol–water partition coefficient (Wildman–Crippen LogP) is -0.924. The maximum absolute atomic E-state index is 12.6. The van der Waals surface area contributed by atoms with Crippen LogP contribution < -0.4 is 16.8 Å². The summed E-state index contributed by atoms with van der Waals surface area (Å²) in [7, 11) is 3.01. The number of piperidine rings is 1. The van der Waals surface area contributed by atoms with Crippen LogP contribution >= 0.6 is 0 Å². The molecule has 2 aliphatic rings. The van der Waals surface area contributed by atoms with E-state index in [0.717, 1.165) is 29.8 Å². The lowest BCUT2D eigenvalue weighted by atomic mass is 9.83. The van der Waals surface area contributed by atoms with E-state index in [4.69, 9.17) is 0 Å². The van der Waals surface area contributed by atoms with E-state index in [1.807, 2.05) is 16.7 Å². The standard InChI is InChI=1S/C21H26N6O4/c1-23-19-18(20(30)24(2)21(23)31)26(12-22-19)11-15(28)10-25-7-13-6-14(9-25)16-4-3-5-17(29)27(16)8-13/h3-5,12-15,28H,6-11H2,1-2H3/t13-,14-,15-/m0/s1. The molecule has 5 rings (SSSR count). The lowest BCUT2D eigenvalue weighted by Crippen LogP contribution is -2.49. The summed E-state index contributed by atoms with van der Waals surface area (Å²) in [6.07, 6.45) is 1.87. The highest BCUT2D eigenvalue weighted by atomic mass is 16.3. The van der Waals surface area contributed by atoms with Crippen LogP contribution in [0.4, 0.5) is 0 Å². The molecule has 0 aromatic carbocycles. The fourth-order valence-electron chi connectivity index (χ4n) is 5.26. The zero-order valence-corrected chi connectivity index (χ0v) is 17.6. The first-order valence-electron chi connectivity index (χ1n) is 10.5. The lowest BCUT2D eigenvalue weighted by Gasteiger charge is -2.43. The largest absolute Gasteiger partial charge is 0.390 e. The second kappa shape index (κ2) is 7.31. The Balaban J connectivity index is 1.34. The molecule has 3 aromatic heterocycles. The molecule has 31 heavy (non-hydrogen) atoms. The Morgan fingerprint density at radius 1 is 1.10 bits per heavy atom. The summed E-state index contributed by atoms with van der Waals surface area (Å²) in [4.78, 5) is 43.4. The van der Waals surface area contributed by atoms with Gasteiger partial charge in [0.25, 0.3) is 11.1 Å². The van der Waals surface area contributed by atoms with Crippen molar-refractivity contribution in [3.8, 4) is 0 Å². The van der Waals surface area contributed by atoms with Gasteiger partial charge in [-0.2, -0.15) is 0 Å². The van der Waals surface area contributed by atoms with E-state index >= 15 is 0 Å². The summed E-state index contributed by atoms with van der Waals surface area (Å²) < 4.78 is 5.91. The lowest BCUT2D eigenvalue weighted by molar-refractivity contribution is 0.0552. The Kier molecular flexibility index (Phi) is 4.71. The topological polar surface area (TPSA) is 107 Å². The van der Waals surface area contributed by atoms with E-state index in [1.54, 1.807) is 17.7 Å². The van der Waals surface area contributed by atoms with E-state index in [9.17, 15) is 19.5 Å². The Hall–Kier alpha value is -2.98. The Morgan fingerprint density at radius 3 is 2.71 bits per heavy atom. The SMILES string of the molecule is Cn1c(=O)c2c(ncn2C[C@@H](O)CN2C[C@@H]3C[C@@H](C2)c2cccc(=O)n2C3)n(C)c1=O. The van der Waals surface area contributed by atoms with Gasteiger partial charge >= 0.3 is 5.69 Å². The molecule has 164 valence electrons. The quantitative estimate of drug-likeness (QED) is 0.578. The minimum Gasteiger partial charge on any atom is -0.390 e. The van der Waals surface area contributed by atoms with Gasteiger partial charge in [-0.1, -0.05) is 6.07 Å². The van der Waals surface area contributed by atoms with E-state index in [2.05, 4.69) is 9.88 Å². The number of aromatic nitrogens is 5. The van der Waals surface area contributed by atoms with E-state index in [0.29, 0.717) is 30.2 Å². The summed E-state index contributed by atoms with van der Waals surface area (Å²) in [6, 6.07) is 5.46.